The van der Waals surface area contributed by atoms with Crippen LogP contribution >= 0.6 is 0 Å². The summed E-state index contributed by atoms with van der Waals surface area (Å²) in [5.74, 6) is 0.706. The summed E-state index contributed by atoms with van der Waals surface area (Å²) < 4.78 is -0.204. The summed E-state index contributed by atoms with van der Waals surface area (Å²) in [4.78, 5) is 28.1. The Labute approximate surface area is 239 Å². The summed E-state index contributed by atoms with van der Waals surface area (Å²) in [6.07, 6.45) is 5.25. The molecule has 2 amide bonds. The van der Waals surface area contributed by atoms with Gasteiger partial charge in [0.2, 0.25) is 11.8 Å². The van der Waals surface area contributed by atoms with E-state index in [0.29, 0.717) is 29.4 Å². The molecule has 5 rings (SSSR count). The fraction of sp³-hybridized carbons (Fsp3) is 0.310. The zero-order valence-electron chi connectivity index (χ0n) is 23.1. The van der Waals surface area contributed by atoms with Gasteiger partial charge in [-0.2, -0.15) is 5.10 Å². The number of hydrogen-bond acceptors (Lipinski definition) is 7. The van der Waals surface area contributed by atoms with Crippen LogP contribution in [-0.2, 0) is 16.1 Å². The van der Waals surface area contributed by atoms with Gasteiger partial charge in [-0.1, -0.05) is 47.2 Å². The van der Waals surface area contributed by atoms with Crippen LogP contribution in [0.1, 0.15) is 30.9 Å². The Morgan fingerprint density at radius 3 is 2.59 bits per heavy atom. The minimum absolute atomic E-state index is 0.0578. The highest BCUT2D eigenvalue weighted by molar-refractivity contribution is 5.95. The third-order valence-electron chi connectivity index (χ3n) is 7.40. The Balaban J connectivity index is 1.31. The molecule has 214 valence electrons. The van der Waals surface area contributed by atoms with Crippen molar-refractivity contribution in [1.29, 1.82) is 5.41 Å². The fourth-order valence-corrected chi connectivity index (χ4v) is 5.44. The van der Waals surface area contributed by atoms with Gasteiger partial charge in [-0.05, 0) is 30.5 Å². The quantitative estimate of drug-likeness (QED) is 0.127. The van der Waals surface area contributed by atoms with E-state index in [1.165, 1.54) is 12.5 Å². The van der Waals surface area contributed by atoms with Crippen molar-refractivity contribution in [3.63, 3.8) is 0 Å². The third-order valence-corrected chi connectivity index (χ3v) is 7.40. The van der Waals surface area contributed by atoms with Crippen LogP contribution in [0.5, 0.6) is 0 Å². The highest BCUT2D eigenvalue weighted by Gasteiger charge is 2.50. The molecule has 3 heterocycles. The lowest BCUT2D eigenvalue weighted by Gasteiger charge is -2.39. The van der Waals surface area contributed by atoms with Crippen molar-refractivity contribution in [3.05, 3.63) is 89.9 Å². The van der Waals surface area contributed by atoms with E-state index in [-0.39, 0.29) is 34.9 Å². The standard InChI is InChI=1S/C29H36N10O2/c1-21(40)33-26-13-17-38(20-28(41)34-24-11-15-37(16-12-24)19-22-6-3-2-4-7-22)39(26,27-10-14-32-35-27)36-25-9-5-8-23(18-25)29(30)31/h2-10,13-14,18,24,36H,11-12,15-17,19-20H2,1H3,(H5-,30,31,32,33,34,35,40,41)/p+1. The minimum Gasteiger partial charge on any atom is -0.384 e. The zero-order chi connectivity index (χ0) is 28.8. The van der Waals surface area contributed by atoms with E-state index < -0.39 is 0 Å². The average molecular weight is 558 g/mol. The molecule has 0 bridgehead atoms. The van der Waals surface area contributed by atoms with Gasteiger partial charge >= 0.3 is 0 Å². The van der Waals surface area contributed by atoms with E-state index in [1.54, 1.807) is 30.5 Å². The van der Waals surface area contributed by atoms with Gasteiger partial charge in [0, 0.05) is 50.3 Å². The van der Waals surface area contributed by atoms with Crippen molar-refractivity contribution in [2.24, 2.45) is 5.73 Å². The van der Waals surface area contributed by atoms with Gasteiger partial charge in [0.05, 0.1) is 18.4 Å². The summed E-state index contributed by atoms with van der Waals surface area (Å²) in [6, 6.07) is 19.4. The van der Waals surface area contributed by atoms with Crippen LogP contribution in [0.4, 0.5) is 11.5 Å². The number of rotatable bonds is 10. The van der Waals surface area contributed by atoms with Gasteiger partial charge < -0.3 is 11.1 Å². The number of amides is 2. The first-order chi connectivity index (χ1) is 19.8. The number of hydrogen-bond donors (Lipinski definition) is 6. The molecule has 1 atom stereocenters. The number of likely N-dealkylation sites (tertiary alicyclic amines) is 1. The molecular weight excluding hydrogens is 520 g/mol. The Morgan fingerprint density at radius 1 is 1.12 bits per heavy atom. The highest BCUT2D eigenvalue weighted by atomic mass is 16.2. The highest BCUT2D eigenvalue weighted by Crippen LogP contribution is 2.34. The molecule has 1 unspecified atom stereocenters. The molecule has 1 aromatic heterocycles. The number of nitrogen functional groups attached to an aromatic ring is 1. The molecular formula is C29H37N10O2+. The second-order valence-electron chi connectivity index (χ2n) is 10.4. The lowest BCUT2D eigenvalue weighted by atomic mass is 10.0. The maximum Gasteiger partial charge on any atom is 0.275 e. The van der Waals surface area contributed by atoms with Crippen molar-refractivity contribution < 1.29 is 9.59 Å². The molecule has 0 aliphatic carbocycles. The van der Waals surface area contributed by atoms with Gasteiger partial charge in [-0.15, -0.1) is 5.01 Å². The number of carbonyl (C=O) groups is 2. The number of nitrogens with one attached hydrogen (secondary N) is 5. The lowest BCUT2D eigenvalue weighted by molar-refractivity contribution is -0.126. The number of quaternary nitrogens is 1. The number of aromatic amines is 1. The number of aromatic nitrogens is 2. The number of benzene rings is 2. The molecule has 3 aromatic rings. The van der Waals surface area contributed by atoms with Gasteiger partial charge in [-0.3, -0.25) is 25.2 Å². The number of nitrogens with zero attached hydrogens (tertiary/aromatic N) is 4. The van der Waals surface area contributed by atoms with Crippen LogP contribution < -0.4 is 26.5 Å². The third kappa shape index (κ3) is 6.46. The number of nitrogens with two attached hydrogens (primary N) is 1. The second kappa shape index (κ2) is 12.3. The van der Waals surface area contributed by atoms with Crippen LogP contribution in [0.2, 0.25) is 0 Å². The Hall–Kier alpha value is -4.52. The Kier molecular flexibility index (Phi) is 8.43. The molecule has 0 saturated carbocycles. The molecule has 2 aliphatic heterocycles. The lowest BCUT2D eigenvalue weighted by Crippen LogP contribution is -2.66. The first-order valence-electron chi connectivity index (χ1n) is 13.7. The summed E-state index contributed by atoms with van der Waals surface area (Å²) in [7, 11) is 0. The molecule has 0 spiro atoms. The molecule has 12 nitrogen and oxygen atoms in total. The molecule has 7 N–H and O–H groups in total. The van der Waals surface area contributed by atoms with Gasteiger partial charge in [0.1, 0.15) is 12.4 Å². The maximum atomic E-state index is 13.4. The zero-order valence-corrected chi connectivity index (χ0v) is 23.1. The molecule has 12 heteroatoms. The van der Waals surface area contributed by atoms with Gasteiger partial charge in [0.25, 0.3) is 11.6 Å². The predicted molar refractivity (Wildman–Crippen MR) is 158 cm³/mol. The largest absolute Gasteiger partial charge is 0.384 e. The van der Waals surface area contributed by atoms with Crippen LogP contribution in [0.3, 0.4) is 0 Å². The van der Waals surface area contributed by atoms with Crippen LogP contribution in [-0.4, -0.2) is 70.0 Å². The molecule has 0 radical (unpaired) electrons. The number of H-pyrrole nitrogens is 1. The van der Waals surface area contributed by atoms with Crippen LogP contribution in [0, 0.1) is 5.41 Å². The minimum atomic E-state index is -0.244. The van der Waals surface area contributed by atoms with Crippen LogP contribution in [0.15, 0.2) is 78.8 Å². The summed E-state index contributed by atoms with van der Waals surface area (Å²) in [6.45, 7) is 4.63. The molecule has 1 saturated heterocycles. The van der Waals surface area contributed by atoms with E-state index in [0.717, 1.165) is 32.5 Å². The molecule has 2 aromatic carbocycles. The monoisotopic (exact) mass is 557 g/mol. The summed E-state index contributed by atoms with van der Waals surface area (Å²) in [5.41, 5.74) is 11.7. The van der Waals surface area contributed by atoms with Crippen molar-refractivity contribution in [2.75, 3.05) is 31.6 Å². The van der Waals surface area contributed by atoms with Crippen molar-refractivity contribution >= 4 is 29.2 Å². The van der Waals surface area contributed by atoms with E-state index in [4.69, 9.17) is 11.1 Å². The topological polar surface area (TPSA) is 155 Å². The summed E-state index contributed by atoms with van der Waals surface area (Å²) >= 11 is 0. The van der Waals surface area contributed by atoms with Gasteiger partial charge in [-0.25, -0.2) is 10.5 Å². The first kappa shape index (κ1) is 28.0. The fourth-order valence-electron chi connectivity index (χ4n) is 5.44. The number of anilines is 1. The Morgan fingerprint density at radius 2 is 1.90 bits per heavy atom. The van der Waals surface area contributed by atoms with E-state index in [9.17, 15) is 9.59 Å². The number of carbonyl (C=O) groups excluding carboxylic acids is 2. The number of amidine groups is 1. The van der Waals surface area contributed by atoms with E-state index in [2.05, 4.69) is 55.4 Å². The number of piperidine rings is 1. The Bertz CT molecular complexity index is 1400. The van der Waals surface area contributed by atoms with E-state index in [1.807, 2.05) is 23.2 Å². The van der Waals surface area contributed by atoms with E-state index >= 15 is 0 Å². The van der Waals surface area contributed by atoms with Crippen molar-refractivity contribution in [3.8, 4) is 0 Å². The van der Waals surface area contributed by atoms with Crippen molar-refractivity contribution in [1.82, 2.24) is 35.4 Å². The normalized spacial score (nSPS) is 19.9. The smallest absolute Gasteiger partial charge is 0.275 e. The maximum absolute atomic E-state index is 13.4. The van der Waals surface area contributed by atoms with Gasteiger partial charge in [0.15, 0.2) is 0 Å². The summed E-state index contributed by atoms with van der Waals surface area (Å²) in [5, 5.41) is 23.1. The molecule has 41 heavy (non-hydrogen) atoms. The van der Waals surface area contributed by atoms with Crippen LogP contribution in [0.25, 0.3) is 0 Å². The molecule has 1 fully saturated rings. The predicted octanol–water partition coefficient (Wildman–Crippen LogP) is 2.02. The van der Waals surface area contributed by atoms with Crippen molar-refractivity contribution in [2.45, 2.75) is 32.4 Å². The molecule has 2 aliphatic rings. The SMILES string of the molecule is CC(=O)NC1=CCN(CC(=O)NC2CCN(Cc3ccccc3)CC2)[N+]1(Nc1cccc(C(=N)N)c1)c1ccn[nH]1. The first-order valence-corrected chi connectivity index (χ1v) is 13.7. The second-order valence-corrected chi connectivity index (χ2v) is 10.4. The average Bonchev–Trinajstić information content (AvgIpc) is 3.60.